The number of aryl methyl sites for hydroxylation is 1. The number of hydrogen-bond donors (Lipinski definition) is 2. The average molecular weight is 396 g/mol. The highest BCUT2D eigenvalue weighted by atomic mass is 16.5. The summed E-state index contributed by atoms with van der Waals surface area (Å²) >= 11 is 0. The number of carbonyl (C=O) groups is 2. The van der Waals surface area contributed by atoms with Crippen molar-refractivity contribution in [3.05, 3.63) is 59.2 Å². The summed E-state index contributed by atoms with van der Waals surface area (Å²) in [6.45, 7) is 4.85. The van der Waals surface area contributed by atoms with E-state index >= 15 is 0 Å². The molecule has 6 heteroatoms. The molecule has 3 rings (SSSR count). The molecule has 2 N–H and O–H groups in total. The summed E-state index contributed by atoms with van der Waals surface area (Å²) in [5.74, 6) is -0.348. The number of nitrogens with zero attached hydrogens (tertiary/aromatic N) is 1. The van der Waals surface area contributed by atoms with Crippen molar-refractivity contribution in [1.29, 1.82) is 0 Å². The molecule has 1 heterocycles. The van der Waals surface area contributed by atoms with Crippen LogP contribution in [0.3, 0.4) is 0 Å². The second-order valence-corrected chi connectivity index (χ2v) is 7.18. The summed E-state index contributed by atoms with van der Waals surface area (Å²) in [7, 11) is 1.60. The Labute approximate surface area is 172 Å². The highest BCUT2D eigenvalue weighted by Crippen LogP contribution is 2.28. The van der Waals surface area contributed by atoms with E-state index < -0.39 is 0 Å². The summed E-state index contributed by atoms with van der Waals surface area (Å²) in [6.07, 6.45) is 3.18. The Bertz CT molecular complexity index is 843. The van der Waals surface area contributed by atoms with Crippen molar-refractivity contribution in [1.82, 2.24) is 5.32 Å². The first kappa shape index (κ1) is 20.9. The number of amides is 2. The van der Waals surface area contributed by atoms with Gasteiger partial charge in [-0.25, -0.2) is 0 Å². The van der Waals surface area contributed by atoms with Crippen molar-refractivity contribution in [3.63, 3.8) is 0 Å². The standard InChI is InChI=1S/C23H29N3O3/c1-3-17-6-8-18(9-7-17)22(27)25-19-10-11-21(26-13-4-5-14-26)20(16-19)23(28)24-12-15-29-2/h6-11,16H,3-5,12-15H2,1-2H3,(H,24,28)(H,25,27). The molecule has 1 aliphatic heterocycles. The monoisotopic (exact) mass is 395 g/mol. The molecule has 0 bridgehead atoms. The number of nitrogens with one attached hydrogen (secondary N) is 2. The molecule has 1 fully saturated rings. The molecule has 0 aromatic heterocycles. The average Bonchev–Trinajstić information content (AvgIpc) is 3.28. The zero-order valence-corrected chi connectivity index (χ0v) is 17.2. The lowest BCUT2D eigenvalue weighted by atomic mass is 10.1. The normalized spacial score (nSPS) is 13.4. The first-order valence-corrected chi connectivity index (χ1v) is 10.2. The number of rotatable bonds is 8. The molecule has 0 unspecified atom stereocenters. The minimum Gasteiger partial charge on any atom is -0.383 e. The van der Waals surface area contributed by atoms with Crippen LogP contribution in [0.15, 0.2) is 42.5 Å². The van der Waals surface area contributed by atoms with Gasteiger partial charge in [0.2, 0.25) is 0 Å². The van der Waals surface area contributed by atoms with Gasteiger partial charge in [-0.1, -0.05) is 19.1 Å². The van der Waals surface area contributed by atoms with Crippen molar-refractivity contribution < 1.29 is 14.3 Å². The lowest BCUT2D eigenvalue weighted by Crippen LogP contribution is -2.30. The highest BCUT2D eigenvalue weighted by molar-refractivity contribution is 6.06. The van der Waals surface area contributed by atoms with Crippen molar-refractivity contribution in [3.8, 4) is 0 Å². The van der Waals surface area contributed by atoms with Crippen LogP contribution >= 0.6 is 0 Å². The molecule has 2 amide bonds. The molecule has 2 aromatic rings. The Balaban J connectivity index is 1.80. The summed E-state index contributed by atoms with van der Waals surface area (Å²) in [6, 6.07) is 13.1. The van der Waals surface area contributed by atoms with E-state index in [9.17, 15) is 9.59 Å². The number of hydrogen-bond acceptors (Lipinski definition) is 4. The fourth-order valence-corrected chi connectivity index (χ4v) is 3.49. The highest BCUT2D eigenvalue weighted by Gasteiger charge is 2.20. The molecular formula is C23H29N3O3. The topological polar surface area (TPSA) is 70.7 Å². The van der Waals surface area contributed by atoms with Crippen LogP contribution in [0.2, 0.25) is 0 Å². The SMILES string of the molecule is CCc1ccc(C(=O)Nc2ccc(N3CCCC3)c(C(=O)NCCOC)c2)cc1. The van der Waals surface area contributed by atoms with Crippen LogP contribution in [-0.2, 0) is 11.2 Å². The molecule has 0 spiro atoms. The zero-order chi connectivity index (χ0) is 20.6. The van der Waals surface area contributed by atoms with Crippen LogP contribution in [0.1, 0.15) is 46.0 Å². The van der Waals surface area contributed by atoms with E-state index in [1.54, 1.807) is 13.2 Å². The lowest BCUT2D eigenvalue weighted by Gasteiger charge is -2.22. The molecule has 1 saturated heterocycles. The minimum atomic E-state index is -0.188. The maximum Gasteiger partial charge on any atom is 0.255 e. The third kappa shape index (κ3) is 5.35. The molecule has 154 valence electrons. The largest absolute Gasteiger partial charge is 0.383 e. The second kappa shape index (κ2) is 10.1. The minimum absolute atomic E-state index is 0.160. The van der Waals surface area contributed by atoms with Gasteiger partial charge in [-0.05, 0) is 55.2 Å². The fourth-order valence-electron chi connectivity index (χ4n) is 3.49. The van der Waals surface area contributed by atoms with E-state index in [4.69, 9.17) is 4.74 Å². The number of benzene rings is 2. The summed E-state index contributed by atoms with van der Waals surface area (Å²) in [5.41, 5.74) is 3.86. The first-order chi connectivity index (χ1) is 14.1. The van der Waals surface area contributed by atoms with Crippen LogP contribution in [0.4, 0.5) is 11.4 Å². The molecule has 29 heavy (non-hydrogen) atoms. The van der Waals surface area contributed by atoms with Gasteiger partial charge in [-0.15, -0.1) is 0 Å². The van der Waals surface area contributed by atoms with E-state index in [1.807, 2.05) is 36.4 Å². The van der Waals surface area contributed by atoms with Crippen molar-refractivity contribution in [2.24, 2.45) is 0 Å². The van der Waals surface area contributed by atoms with E-state index in [0.29, 0.717) is 30.0 Å². The Kier molecular flexibility index (Phi) is 7.25. The first-order valence-electron chi connectivity index (χ1n) is 10.2. The third-order valence-electron chi connectivity index (χ3n) is 5.16. The van der Waals surface area contributed by atoms with Gasteiger partial charge in [-0.3, -0.25) is 9.59 Å². The maximum atomic E-state index is 12.8. The Morgan fingerprint density at radius 3 is 2.41 bits per heavy atom. The van der Waals surface area contributed by atoms with Gasteiger partial charge in [0.05, 0.1) is 12.2 Å². The molecule has 2 aromatic carbocycles. The van der Waals surface area contributed by atoms with Crippen molar-refractivity contribution in [2.75, 3.05) is 43.6 Å². The Morgan fingerprint density at radius 2 is 1.76 bits per heavy atom. The van der Waals surface area contributed by atoms with Gasteiger partial charge in [0.1, 0.15) is 0 Å². The molecule has 0 radical (unpaired) electrons. The van der Waals surface area contributed by atoms with Crippen LogP contribution in [-0.4, -0.2) is 45.2 Å². The van der Waals surface area contributed by atoms with Gasteiger partial charge in [0.15, 0.2) is 0 Å². The predicted molar refractivity (Wildman–Crippen MR) is 116 cm³/mol. The molecular weight excluding hydrogens is 366 g/mol. The quantitative estimate of drug-likeness (QED) is 0.672. The molecule has 0 atom stereocenters. The van der Waals surface area contributed by atoms with Gasteiger partial charge >= 0.3 is 0 Å². The lowest BCUT2D eigenvalue weighted by molar-refractivity contribution is 0.0936. The van der Waals surface area contributed by atoms with Crippen LogP contribution in [0, 0.1) is 0 Å². The van der Waals surface area contributed by atoms with Gasteiger partial charge in [0, 0.05) is 43.7 Å². The summed E-state index contributed by atoms with van der Waals surface area (Å²) < 4.78 is 5.02. The van der Waals surface area contributed by atoms with E-state index in [1.165, 1.54) is 5.56 Å². The number of ether oxygens (including phenoxy) is 1. The van der Waals surface area contributed by atoms with Gasteiger partial charge in [-0.2, -0.15) is 0 Å². The summed E-state index contributed by atoms with van der Waals surface area (Å²) in [5, 5.41) is 5.80. The summed E-state index contributed by atoms with van der Waals surface area (Å²) in [4.78, 5) is 27.6. The number of methoxy groups -OCH3 is 1. The van der Waals surface area contributed by atoms with Crippen molar-refractivity contribution >= 4 is 23.2 Å². The molecule has 6 nitrogen and oxygen atoms in total. The van der Waals surface area contributed by atoms with Crippen LogP contribution in [0.5, 0.6) is 0 Å². The fraction of sp³-hybridized carbons (Fsp3) is 0.391. The predicted octanol–water partition coefficient (Wildman–Crippen LogP) is 3.48. The van der Waals surface area contributed by atoms with Crippen LogP contribution in [0.25, 0.3) is 0 Å². The molecule has 0 aliphatic carbocycles. The second-order valence-electron chi connectivity index (χ2n) is 7.18. The smallest absolute Gasteiger partial charge is 0.255 e. The maximum absolute atomic E-state index is 12.8. The zero-order valence-electron chi connectivity index (χ0n) is 17.2. The van der Waals surface area contributed by atoms with E-state index in [-0.39, 0.29) is 11.8 Å². The molecule has 1 aliphatic rings. The Morgan fingerprint density at radius 1 is 1.03 bits per heavy atom. The van der Waals surface area contributed by atoms with Gasteiger partial charge in [0.25, 0.3) is 11.8 Å². The third-order valence-corrected chi connectivity index (χ3v) is 5.16. The van der Waals surface area contributed by atoms with E-state index in [0.717, 1.165) is 38.0 Å². The number of carbonyl (C=O) groups excluding carboxylic acids is 2. The molecule has 0 saturated carbocycles. The van der Waals surface area contributed by atoms with E-state index in [2.05, 4.69) is 22.5 Å². The van der Waals surface area contributed by atoms with Crippen molar-refractivity contribution in [2.45, 2.75) is 26.2 Å². The van der Waals surface area contributed by atoms with Crippen LogP contribution < -0.4 is 15.5 Å². The Hall–Kier alpha value is -2.86. The van der Waals surface area contributed by atoms with Gasteiger partial charge < -0.3 is 20.3 Å². The number of anilines is 2.